The molecular formula is C19H17ClFNO4. The fraction of sp³-hybridized carbons (Fsp3) is 0.211. The largest absolute Gasteiger partial charge is 0.463 e. The molecule has 0 spiro atoms. The summed E-state index contributed by atoms with van der Waals surface area (Å²) in [4.78, 5) is 36.9. The number of methoxy groups -OCH3 is 1. The molecule has 0 bridgehead atoms. The summed E-state index contributed by atoms with van der Waals surface area (Å²) in [6.45, 7) is 0.373. The zero-order chi connectivity index (χ0) is 19.1. The lowest BCUT2D eigenvalue weighted by molar-refractivity contribution is -0.153. The molecule has 1 amide bonds. The molecule has 0 heterocycles. The molecular weight excluding hydrogens is 361 g/mol. The first-order valence-electron chi connectivity index (χ1n) is 7.77. The molecule has 0 unspecified atom stereocenters. The molecule has 0 aliphatic rings. The van der Waals surface area contributed by atoms with E-state index >= 15 is 0 Å². The Hall–Kier alpha value is -2.73. The lowest BCUT2D eigenvalue weighted by atomic mass is 10.1. The summed E-state index contributed by atoms with van der Waals surface area (Å²) in [7, 11) is 1.08. The van der Waals surface area contributed by atoms with Crippen LogP contribution in [0.15, 0.2) is 48.5 Å². The molecule has 0 aromatic heterocycles. The van der Waals surface area contributed by atoms with Gasteiger partial charge >= 0.3 is 5.97 Å². The maximum Gasteiger partial charge on any atom is 0.374 e. The van der Waals surface area contributed by atoms with Gasteiger partial charge in [0.25, 0.3) is 0 Å². The second kappa shape index (κ2) is 9.10. The molecule has 0 fully saturated rings. The Morgan fingerprint density at radius 2 is 1.46 bits per heavy atom. The summed E-state index contributed by atoms with van der Waals surface area (Å²) in [6, 6.07) is 12.6. The SMILES string of the molecule is COC(=O)C(=O)CC(=O)N(Cc1ccc(F)cc1)Cc1ccc(Cl)cc1. The van der Waals surface area contributed by atoms with E-state index in [-0.39, 0.29) is 18.9 Å². The molecule has 26 heavy (non-hydrogen) atoms. The number of hydrogen-bond donors (Lipinski definition) is 0. The third kappa shape index (κ3) is 5.67. The number of carbonyl (C=O) groups is 3. The van der Waals surface area contributed by atoms with Crippen LogP contribution in [-0.4, -0.2) is 29.7 Å². The number of Topliss-reactive ketones (excluding diaryl/α,β-unsaturated/α-hetero) is 1. The Morgan fingerprint density at radius 3 is 1.96 bits per heavy atom. The average molecular weight is 378 g/mol. The molecule has 0 atom stereocenters. The van der Waals surface area contributed by atoms with Crippen molar-refractivity contribution in [1.82, 2.24) is 4.90 Å². The smallest absolute Gasteiger partial charge is 0.374 e. The van der Waals surface area contributed by atoms with Crippen molar-refractivity contribution in [2.45, 2.75) is 19.5 Å². The van der Waals surface area contributed by atoms with Gasteiger partial charge in [0.05, 0.1) is 13.5 Å². The van der Waals surface area contributed by atoms with Crippen molar-refractivity contribution in [2.24, 2.45) is 0 Å². The summed E-state index contributed by atoms with van der Waals surface area (Å²) in [5.41, 5.74) is 1.50. The molecule has 0 saturated heterocycles. The quantitative estimate of drug-likeness (QED) is 0.422. The number of amides is 1. The Bertz CT molecular complexity index is 743. The van der Waals surface area contributed by atoms with Crippen LogP contribution in [0.5, 0.6) is 0 Å². The molecule has 2 rings (SSSR count). The van der Waals surface area contributed by atoms with E-state index in [1.165, 1.54) is 17.0 Å². The summed E-state index contributed by atoms with van der Waals surface area (Å²) in [5.74, 6) is -2.89. The average Bonchev–Trinajstić information content (AvgIpc) is 2.63. The molecule has 0 N–H and O–H groups in total. The fourth-order valence-corrected chi connectivity index (χ4v) is 2.41. The van der Waals surface area contributed by atoms with E-state index in [4.69, 9.17) is 11.6 Å². The van der Waals surface area contributed by atoms with Gasteiger partial charge in [0.15, 0.2) is 0 Å². The van der Waals surface area contributed by atoms with Crippen molar-refractivity contribution in [3.63, 3.8) is 0 Å². The molecule has 2 aromatic carbocycles. The molecule has 0 saturated carbocycles. The highest BCUT2D eigenvalue weighted by atomic mass is 35.5. The van der Waals surface area contributed by atoms with Crippen molar-refractivity contribution in [1.29, 1.82) is 0 Å². The molecule has 2 aromatic rings. The molecule has 136 valence electrons. The van der Waals surface area contributed by atoms with Gasteiger partial charge in [-0.25, -0.2) is 9.18 Å². The Labute approximate surface area is 155 Å². The number of hydrogen-bond acceptors (Lipinski definition) is 4. The minimum atomic E-state index is -1.06. The van der Waals surface area contributed by atoms with Gasteiger partial charge < -0.3 is 9.64 Å². The van der Waals surface area contributed by atoms with Crippen LogP contribution in [0, 0.1) is 5.82 Å². The zero-order valence-corrected chi connectivity index (χ0v) is 14.8. The number of ether oxygens (including phenoxy) is 1. The number of carbonyl (C=O) groups excluding carboxylic acids is 3. The normalized spacial score (nSPS) is 10.3. The Balaban J connectivity index is 2.17. The van der Waals surface area contributed by atoms with Crippen LogP contribution < -0.4 is 0 Å². The number of nitrogens with zero attached hydrogens (tertiary/aromatic N) is 1. The van der Waals surface area contributed by atoms with E-state index < -0.39 is 24.1 Å². The molecule has 7 heteroatoms. The number of ketones is 1. The topological polar surface area (TPSA) is 63.7 Å². The van der Waals surface area contributed by atoms with Crippen molar-refractivity contribution < 1.29 is 23.5 Å². The van der Waals surface area contributed by atoms with Gasteiger partial charge in [-0.15, -0.1) is 0 Å². The van der Waals surface area contributed by atoms with Crippen LogP contribution in [0.4, 0.5) is 4.39 Å². The predicted octanol–water partition coefficient (Wildman–Crippen LogP) is 3.14. The minimum Gasteiger partial charge on any atom is -0.463 e. The van der Waals surface area contributed by atoms with Crippen molar-refractivity contribution in [2.75, 3.05) is 7.11 Å². The summed E-state index contributed by atoms with van der Waals surface area (Å²) in [6.07, 6.45) is -0.596. The minimum absolute atomic E-state index is 0.163. The highest BCUT2D eigenvalue weighted by Crippen LogP contribution is 2.15. The van der Waals surface area contributed by atoms with Crippen LogP contribution in [-0.2, 0) is 32.2 Å². The monoisotopic (exact) mass is 377 g/mol. The predicted molar refractivity (Wildman–Crippen MR) is 93.7 cm³/mol. The van der Waals surface area contributed by atoms with Gasteiger partial charge in [-0.2, -0.15) is 0 Å². The molecule has 0 aliphatic heterocycles. The van der Waals surface area contributed by atoms with Crippen LogP contribution in [0.2, 0.25) is 5.02 Å². The maximum absolute atomic E-state index is 13.1. The standard InChI is InChI=1S/C19H17ClFNO4/c1-26-19(25)17(23)10-18(24)22(11-13-2-6-15(20)7-3-13)12-14-4-8-16(21)9-5-14/h2-9H,10-12H2,1H3. The third-order valence-electron chi connectivity index (χ3n) is 3.65. The lowest BCUT2D eigenvalue weighted by Gasteiger charge is -2.23. The van der Waals surface area contributed by atoms with Gasteiger partial charge in [0, 0.05) is 18.1 Å². The van der Waals surface area contributed by atoms with Gasteiger partial charge in [-0.05, 0) is 35.4 Å². The Morgan fingerprint density at radius 1 is 0.962 bits per heavy atom. The van der Waals surface area contributed by atoms with Crippen LogP contribution in [0.25, 0.3) is 0 Å². The van der Waals surface area contributed by atoms with E-state index in [2.05, 4.69) is 4.74 Å². The Kier molecular flexibility index (Phi) is 6.86. The first-order chi connectivity index (χ1) is 12.4. The van der Waals surface area contributed by atoms with E-state index in [9.17, 15) is 18.8 Å². The first kappa shape index (κ1) is 19.6. The summed E-state index contributed by atoms with van der Waals surface area (Å²) < 4.78 is 17.4. The number of esters is 1. The number of benzene rings is 2. The third-order valence-corrected chi connectivity index (χ3v) is 3.90. The maximum atomic E-state index is 13.1. The van der Waals surface area contributed by atoms with Gasteiger partial charge in [-0.3, -0.25) is 9.59 Å². The van der Waals surface area contributed by atoms with Gasteiger partial charge in [0.1, 0.15) is 5.82 Å². The van der Waals surface area contributed by atoms with E-state index in [1.54, 1.807) is 36.4 Å². The second-order valence-electron chi connectivity index (χ2n) is 5.59. The molecule has 0 radical (unpaired) electrons. The van der Waals surface area contributed by atoms with E-state index in [0.29, 0.717) is 10.6 Å². The molecule has 0 aliphatic carbocycles. The number of rotatable bonds is 7. The first-order valence-corrected chi connectivity index (χ1v) is 8.14. The van der Waals surface area contributed by atoms with Crippen molar-refractivity contribution >= 4 is 29.3 Å². The van der Waals surface area contributed by atoms with E-state index in [1.807, 2.05) is 0 Å². The summed E-state index contributed by atoms with van der Waals surface area (Å²) >= 11 is 5.86. The van der Waals surface area contributed by atoms with Gasteiger partial charge in [0.2, 0.25) is 11.7 Å². The summed E-state index contributed by atoms with van der Waals surface area (Å²) in [5, 5.41) is 0.561. The molecule has 5 nitrogen and oxygen atoms in total. The zero-order valence-electron chi connectivity index (χ0n) is 14.1. The van der Waals surface area contributed by atoms with Crippen molar-refractivity contribution in [3.05, 3.63) is 70.5 Å². The van der Waals surface area contributed by atoms with E-state index in [0.717, 1.165) is 12.7 Å². The number of halogens is 2. The highest BCUT2D eigenvalue weighted by molar-refractivity contribution is 6.36. The van der Waals surface area contributed by atoms with Crippen LogP contribution in [0.3, 0.4) is 0 Å². The fourth-order valence-electron chi connectivity index (χ4n) is 2.29. The van der Waals surface area contributed by atoms with Crippen LogP contribution in [0.1, 0.15) is 17.5 Å². The lowest BCUT2D eigenvalue weighted by Crippen LogP contribution is -2.33. The van der Waals surface area contributed by atoms with Crippen LogP contribution >= 0.6 is 11.6 Å². The highest BCUT2D eigenvalue weighted by Gasteiger charge is 2.23. The second-order valence-corrected chi connectivity index (χ2v) is 6.03. The van der Waals surface area contributed by atoms with Crippen molar-refractivity contribution in [3.8, 4) is 0 Å². The van der Waals surface area contributed by atoms with Gasteiger partial charge in [-0.1, -0.05) is 35.9 Å².